The molecule has 30 heavy (non-hydrogen) atoms. The highest BCUT2D eigenvalue weighted by Gasteiger charge is 2.28. The van der Waals surface area contributed by atoms with Crippen molar-refractivity contribution >= 4 is 21.8 Å². The highest BCUT2D eigenvalue weighted by Crippen LogP contribution is 2.23. The summed E-state index contributed by atoms with van der Waals surface area (Å²) in [5.41, 5.74) is 0.931. The fourth-order valence-electron chi connectivity index (χ4n) is 3.39. The van der Waals surface area contributed by atoms with E-state index in [4.69, 9.17) is 9.26 Å². The Morgan fingerprint density at radius 2 is 1.80 bits per heavy atom. The molecule has 2 aromatic carbocycles. The number of halogens is 1. The zero-order valence-electron chi connectivity index (χ0n) is 16.7. The molecule has 1 aromatic heterocycles. The Hall–Kier alpha value is -2.71. The summed E-state index contributed by atoms with van der Waals surface area (Å²) >= 11 is 3.38. The molecule has 0 aliphatic carbocycles. The van der Waals surface area contributed by atoms with Crippen molar-refractivity contribution in [2.24, 2.45) is 0 Å². The summed E-state index contributed by atoms with van der Waals surface area (Å²) in [5, 5.41) is 4.11. The number of aromatic nitrogens is 2. The Bertz CT molecular complexity index is 970. The number of nitrogens with zero attached hydrogens (tertiary/aromatic N) is 4. The summed E-state index contributed by atoms with van der Waals surface area (Å²) in [7, 11) is 0. The number of carbonyl (C=O) groups excluding carboxylic acids is 1. The van der Waals surface area contributed by atoms with Crippen LogP contribution in [0.25, 0.3) is 11.4 Å². The van der Waals surface area contributed by atoms with Crippen LogP contribution in [0.5, 0.6) is 5.75 Å². The molecule has 0 saturated carbocycles. The van der Waals surface area contributed by atoms with Crippen molar-refractivity contribution in [1.29, 1.82) is 0 Å². The van der Waals surface area contributed by atoms with Crippen molar-refractivity contribution in [3.8, 4) is 17.1 Å². The van der Waals surface area contributed by atoms with Crippen molar-refractivity contribution in [1.82, 2.24) is 19.9 Å². The lowest BCUT2D eigenvalue weighted by Crippen LogP contribution is -2.50. The number of carbonyl (C=O) groups is 1. The summed E-state index contributed by atoms with van der Waals surface area (Å²) in [4.78, 5) is 21.1. The lowest BCUT2D eigenvalue weighted by atomic mass is 10.2. The Labute approximate surface area is 183 Å². The second kappa shape index (κ2) is 9.40. The molecule has 0 spiro atoms. The first-order chi connectivity index (χ1) is 14.6. The van der Waals surface area contributed by atoms with Crippen LogP contribution in [0.3, 0.4) is 0 Å². The van der Waals surface area contributed by atoms with Crippen molar-refractivity contribution in [2.45, 2.75) is 13.0 Å². The normalized spacial score (nSPS) is 15.7. The van der Waals surface area contributed by atoms with Gasteiger partial charge in [0, 0.05) is 36.2 Å². The van der Waals surface area contributed by atoms with E-state index in [9.17, 15) is 4.79 Å². The van der Waals surface area contributed by atoms with Gasteiger partial charge in [-0.25, -0.2) is 0 Å². The molecule has 0 N–H and O–H groups in total. The maximum absolute atomic E-state index is 12.5. The second-order valence-corrected chi connectivity index (χ2v) is 8.07. The van der Waals surface area contributed by atoms with Gasteiger partial charge in [-0.1, -0.05) is 51.4 Å². The first-order valence-corrected chi connectivity index (χ1v) is 10.7. The molecule has 8 heteroatoms. The van der Waals surface area contributed by atoms with E-state index in [1.165, 1.54) is 0 Å². The Morgan fingerprint density at radius 1 is 1.10 bits per heavy atom. The van der Waals surface area contributed by atoms with Gasteiger partial charge in [0.2, 0.25) is 11.7 Å². The number of hydrogen-bond donors (Lipinski definition) is 0. The van der Waals surface area contributed by atoms with E-state index in [0.29, 0.717) is 30.6 Å². The van der Waals surface area contributed by atoms with Crippen LogP contribution in [0.15, 0.2) is 63.6 Å². The van der Waals surface area contributed by atoms with Crippen molar-refractivity contribution in [2.75, 3.05) is 32.8 Å². The zero-order chi connectivity index (χ0) is 20.9. The molecular weight excluding hydrogens is 448 g/mol. The summed E-state index contributed by atoms with van der Waals surface area (Å²) in [5.74, 6) is 1.86. The molecule has 1 amide bonds. The molecule has 0 bridgehead atoms. The summed E-state index contributed by atoms with van der Waals surface area (Å²) in [6.07, 6.45) is 0. The number of hydrogen-bond acceptors (Lipinski definition) is 6. The maximum Gasteiger partial charge on any atom is 0.260 e. The van der Waals surface area contributed by atoms with Crippen molar-refractivity contribution in [3.05, 3.63) is 65.0 Å². The lowest BCUT2D eigenvalue weighted by Gasteiger charge is -2.36. The number of rotatable bonds is 6. The Kier molecular flexibility index (Phi) is 6.44. The third-order valence-electron chi connectivity index (χ3n) is 5.22. The van der Waals surface area contributed by atoms with E-state index in [-0.39, 0.29) is 18.6 Å². The van der Waals surface area contributed by atoms with Crippen LogP contribution in [-0.4, -0.2) is 58.6 Å². The molecule has 156 valence electrons. The predicted molar refractivity (Wildman–Crippen MR) is 116 cm³/mol. The van der Waals surface area contributed by atoms with Gasteiger partial charge in [-0.05, 0) is 31.2 Å². The summed E-state index contributed by atoms with van der Waals surface area (Å²) in [6, 6.07) is 17.2. The maximum atomic E-state index is 12.5. The van der Waals surface area contributed by atoms with Gasteiger partial charge in [0.25, 0.3) is 5.91 Å². The SMILES string of the molecule is CC(c1nc(-c2ccccc2)no1)N1CCN(C(=O)COc2ccc(Br)cc2)CC1. The van der Waals surface area contributed by atoms with Gasteiger partial charge in [-0.2, -0.15) is 4.98 Å². The van der Waals surface area contributed by atoms with E-state index in [1.54, 1.807) is 0 Å². The van der Waals surface area contributed by atoms with Gasteiger partial charge < -0.3 is 14.2 Å². The smallest absolute Gasteiger partial charge is 0.260 e. The van der Waals surface area contributed by atoms with Crippen molar-refractivity contribution in [3.63, 3.8) is 0 Å². The summed E-state index contributed by atoms with van der Waals surface area (Å²) in [6.45, 7) is 4.87. The minimum atomic E-state index is -0.00812. The summed E-state index contributed by atoms with van der Waals surface area (Å²) < 4.78 is 12.1. The Morgan fingerprint density at radius 3 is 2.50 bits per heavy atom. The van der Waals surface area contributed by atoms with Gasteiger partial charge in [-0.3, -0.25) is 9.69 Å². The molecule has 4 rings (SSSR count). The highest BCUT2D eigenvalue weighted by molar-refractivity contribution is 9.10. The number of amides is 1. The number of piperazine rings is 1. The van der Waals surface area contributed by atoms with Crippen LogP contribution in [0.1, 0.15) is 18.9 Å². The molecule has 2 heterocycles. The van der Waals surface area contributed by atoms with E-state index >= 15 is 0 Å². The first-order valence-electron chi connectivity index (χ1n) is 9.89. The van der Waals surface area contributed by atoms with Crippen LogP contribution in [0.2, 0.25) is 0 Å². The average molecular weight is 471 g/mol. The van der Waals surface area contributed by atoms with Crippen LogP contribution in [-0.2, 0) is 4.79 Å². The number of ether oxygens (including phenoxy) is 1. The van der Waals surface area contributed by atoms with Crippen molar-refractivity contribution < 1.29 is 14.1 Å². The third kappa shape index (κ3) is 4.88. The average Bonchev–Trinajstić information content (AvgIpc) is 3.29. The van der Waals surface area contributed by atoms with Crippen LogP contribution in [0.4, 0.5) is 0 Å². The molecule has 1 fully saturated rings. The minimum Gasteiger partial charge on any atom is -0.484 e. The number of benzene rings is 2. The van der Waals surface area contributed by atoms with Gasteiger partial charge in [0.1, 0.15) is 5.75 Å². The molecule has 7 nitrogen and oxygen atoms in total. The molecule has 1 unspecified atom stereocenters. The fourth-order valence-corrected chi connectivity index (χ4v) is 3.66. The fraction of sp³-hybridized carbons (Fsp3) is 0.318. The standard InChI is InChI=1S/C22H23BrN4O3/c1-16(22-24-21(25-30-22)17-5-3-2-4-6-17)26-11-13-27(14-12-26)20(28)15-29-19-9-7-18(23)8-10-19/h2-10,16H,11-15H2,1H3. The largest absolute Gasteiger partial charge is 0.484 e. The van der Waals surface area contributed by atoms with Gasteiger partial charge in [0.15, 0.2) is 6.61 Å². The van der Waals surface area contributed by atoms with Gasteiger partial charge in [0.05, 0.1) is 6.04 Å². The molecule has 1 aliphatic rings. The van der Waals surface area contributed by atoms with Crippen LogP contribution < -0.4 is 4.74 Å². The van der Waals surface area contributed by atoms with E-state index < -0.39 is 0 Å². The third-order valence-corrected chi connectivity index (χ3v) is 5.75. The van der Waals surface area contributed by atoms with E-state index in [2.05, 4.69) is 37.9 Å². The molecule has 0 radical (unpaired) electrons. The van der Waals surface area contributed by atoms with Crippen LogP contribution >= 0.6 is 15.9 Å². The molecule has 1 atom stereocenters. The van der Waals surface area contributed by atoms with E-state index in [0.717, 1.165) is 23.1 Å². The van der Waals surface area contributed by atoms with Crippen LogP contribution in [0, 0.1) is 0 Å². The second-order valence-electron chi connectivity index (χ2n) is 7.16. The zero-order valence-corrected chi connectivity index (χ0v) is 18.3. The minimum absolute atomic E-state index is 0.00521. The first kappa shape index (κ1) is 20.6. The molecule has 1 saturated heterocycles. The monoisotopic (exact) mass is 470 g/mol. The molecular formula is C22H23BrN4O3. The highest BCUT2D eigenvalue weighted by atomic mass is 79.9. The Balaban J connectivity index is 1.28. The van der Waals surface area contributed by atoms with Gasteiger partial charge in [-0.15, -0.1) is 0 Å². The predicted octanol–water partition coefficient (Wildman–Crippen LogP) is 3.78. The van der Waals surface area contributed by atoms with Gasteiger partial charge >= 0.3 is 0 Å². The lowest BCUT2D eigenvalue weighted by molar-refractivity contribution is -0.135. The topological polar surface area (TPSA) is 71.7 Å². The van der Waals surface area contributed by atoms with E-state index in [1.807, 2.05) is 59.5 Å². The quantitative estimate of drug-likeness (QED) is 0.545. The molecule has 1 aliphatic heterocycles. The molecule has 3 aromatic rings.